The van der Waals surface area contributed by atoms with Crippen LogP contribution in [-0.2, 0) is 4.74 Å². The molecule has 0 fully saturated rings. The summed E-state index contributed by atoms with van der Waals surface area (Å²) < 4.78 is 7.05. The molecule has 5 heteroatoms. The van der Waals surface area contributed by atoms with E-state index in [1.165, 1.54) is 0 Å². The van der Waals surface area contributed by atoms with Crippen molar-refractivity contribution in [2.24, 2.45) is 0 Å². The molecule has 0 aliphatic rings. The van der Waals surface area contributed by atoms with Crippen molar-refractivity contribution in [1.82, 2.24) is 9.55 Å². The number of methoxy groups -OCH3 is 1. The lowest BCUT2D eigenvalue weighted by molar-refractivity contribution is 0.190. The van der Waals surface area contributed by atoms with E-state index in [4.69, 9.17) is 16.3 Å². The Labute approximate surface area is 118 Å². The molecule has 1 heterocycles. The highest BCUT2D eigenvalue weighted by Gasteiger charge is 2.10. The van der Waals surface area contributed by atoms with Gasteiger partial charge in [0, 0.05) is 25.5 Å². The second kappa shape index (κ2) is 6.08. The topological polar surface area (TPSA) is 39.1 Å². The number of aromatic nitrogens is 2. The Bertz CT molecular complexity index is 553. The molecule has 1 unspecified atom stereocenters. The molecule has 0 amide bonds. The highest BCUT2D eigenvalue weighted by molar-refractivity contribution is 6.32. The fraction of sp³-hybridized carbons (Fsp3) is 0.357. The van der Waals surface area contributed by atoms with Gasteiger partial charge in [0.25, 0.3) is 0 Å². The van der Waals surface area contributed by atoms with Gasteiger partial charge in [0.15, 0.2) is 0 Å². The molecule has 1 atom stereocenters. The average Bonchev–Trinajstić information content (AvgIpc) is 2.77. The van der Waals surface area contributed by atoms with Gasteiger partial charge in [-0.1, -0.05) is 17.7 Å². The molecule has 2 rings (SSSR count). The first-order valence-corrected chi connectivity index (χ1v) is 6.55. The number of halogens is 1. The van der Waals surface area contributed by atoms with E-state index in [1.807, 2.05) is 42.8 Å². The predicted molar refractivity (Wildman–Crippen MR) is 78.3 cm³/mol. The van der Waals surface area contributed by atoms with Crippen LogP contribution in [0.15, 0.2) is 30.6 Å². The van der Waals surface area contributed by atoms with Gasteiger partial charge in [-0.15, -0.1) is 0 Å². The van der Waals surface area contributed by atoms with Crippen LogP contribution in [0.3, 0.4) is 0 Å². The Balaban J connectivity index is 2.28. The molecule has 0 aliphatic heterocycles. The van der Waals surface area contributed by atoms with E-state index in [0.29, 0.717) is 11.6 Å². The zero-order valence-electron chi connectivity index (χ0n) is 11.4. The molecule has 19 heavy (non-hydrogen) atoms. The minimum atomic E-state index is 0.176. The van der Waals surface area contributed by atoms with Gasteiger partial charge >= 0.3 is 0 Å². The number of ether oxygens (including phenoxy) is 1. The summed E-state index contributed by atoms with van der Waals surface area (Å²) in [4.78, 5) is 4.32. The molecule has 0 radical (unpaired) electrons. The number of rotatable bonds is 5. The van der Waals surface area contributed by atoms with Gasteiger partial charge in [-0.25, -0.2) is 4.98 Å². The maximum Gasteiger partial charge on any atom is 0.207 e. The molecule has 1 aromatic carbocycles. The van der Waals surface area contributed by atoms with E-state index in [-0.39, 0.29) is 6.04 Å². The average molecular weight is 280 g/mol. The predicted octanol–water partition coefficient (Wildman–Crippen LogP) is 3.28. The standard InChI is InChI=1S/C14H18ClN3O/c1-10-4-5-13(12(15)8-10)18-7-6-16-14(18)17-11(2)9-19-3/h4-8,11H,9H2,1-3H3,(H,16,17). The molecule has 0 saturated heterocycles. The summed E-state index contributed by atoms with van der Waals surface area (Å²) in [5, 5.41) is 4.01. The summed E-state index contributed by atoms with van der Waals surface area (Å²) >= 11 is 6.29. The number of aryl methyl sites for hydroxylation is 1. The first kappa shape index (κ1) is 13.9. The third-order valence-electron chi connectivity index (χ3n) is 2.80. The van der Waals surface area contributed by atoms with Crippen molar-refractivity contribution in [2.45, 2.75) is 19.9 Å². The smallest absolute Gasteiger partial charge is 0.207 e. The zero-order valence-corrected chi connectivity index (χ0v) is 12.1. The molecule has 2 aromatic rings. The van der Waals surface area contributed by atoms with E-state index < -0.39 is 0 Å². The number of imidazole rings is 1. The van der Waals surface area contributed by atoms with E-state index in [1.54, 1.807) is 13.3 Å². The van der Waals surface area contributed by atoms with Crippen molar-refractivity contribution in [3.05, 3.63) is 41.2 Å². The summed E-state index contributed by atoms with van der Waals surface area (Å²) in [7, 11) is 1.68. The fourth-order valence-corrected chi connectivity index (χ4v) is 2.25. The number of hydrogen-bond donors (Lipinski definition) is 1. The molecule has 0 aliphatic carbocycles. The highest BCUT2D eigenvalue weighted by Crippen LogP contribution is 2.24. The Hall–Kier alpha value is -1.52. The maximum absolute atomic E-state index is 6.29. The van der Waals surface area contributed by atoms with Crippen LogP contribution in [-0.4, -0.2) is 29.3 Å². The summed E-state index contributed by atoms with van der Waals surface area (Å²) in [6.07, 6.45) is 3.64. The van der Waals surface area contributed by atoms with Crippen LogP contribution in [0.25, 0.3) is 5.69 Å². The van der Waals surface area contributed by atoms with Crippen molar-refractivity contribution in [3.8, 4) is 5.69 Å². The van der Waals surface area contributed by atoms with Crippen LogP contribution in [0.5, 0.6) is 0 Å². The first-order valence-electron chi connectivity index (χ1n) is 6.17. The third-order valence-corrected chi connectivity index (χ3v) is 3.10. The van der Waals surface area contributed by atoms with Crippen LogP contribution in [0.2, 0.25) is 5.02 Å². The number of benzene rings is 1. The number of nitrogens with one attached hydrogen (secondary N) is 1. The summed E-state index contributed by atoms with van der Waals surface area (Å²) in [6, 6.07) is 6.14. The van der Waals surface area contributed by atoms with Crippen molar-refractivity contribution in [2.75, 3.05) is 19.0 Å². The molecular formula is C14H18ClN3O. The van der Waals surface area contributed by atoms with Crippen LogP contribution < -0.4 is 5.32 Å². The SMILES string of the molecule is COCC(C)Nc1nccn1-c1ccc(C)cc1Cl. The molecule has 4 nitrogen and oxygen atoms in total. The van der Waals surface area contributed by atoms with Gasteiger partial charge in [-0.3, -0.25) is 4.57 Å². The quantitative estimate of drug-likeness (QED) is 0.913. The summed E-state index contributed by atoms with van der Waals surface area (Å²) in [5.74, 6) is 0.760. The van der Waals surface area contributed by atoms with Gasteiger partial charge in [0.05, 0.1) is 17.3 Å². The van der Waals surface area contributed by atoms with Crippen molar-refractivity contribution in [3.63, 3.8) is 0 Å². The van der Waals surface area contributed by atoms with Gasteiger partial charge in [-0.2, -0.15) is 0 Å². The van der Waals surface area contributed by atoms with Gasteiger partial charge in [0.2, 0.25) is 5.95 Å². The van der Waals surface area contributed by atoms with Crippen LogP contribution in [0, 0.1) is 6.92 Å². The lowest BCUT2D eigenvalue weighted by Crippen LogP contribution is -2.22. The maximum atomic E-state index is 6.29. The number of hydrogen-bond acceptors (Lipinski definition) is 3. The molecule has 1 N–H and O–H groups in total. The number of nitrogens with zero attached hydrogens (tertiary/aromatic N) is 2. The first-order chi connectivity index (χ1) is 9.11. The molecule has 1 aromatic heterocycles. The Morgan fingerprint density at radius 1 is 1.47 bits per heavy atom. The van der Waals surface area contributed by atoms with Gasteiger partial charge in [0.1, 0.15) is 0 Å². The largest absolute Gasteiger partial charge is 0.383 e. The third kappa shape index (κ3) is 3.28. The Kier molecular flexibility index (Phi) is 4.45. The number of anilines is 1. The Morgan fingerprint density at radius 2 is 2.26 bits per heavy atom. The second-order valence-electron chi connectivity index (χ2n) is 4.58. The molecule has 0 spiro atoms. The van der Waals surface area contributed by atoms with Crippen LogP contribution in [0.1, 0.15) is 12.5 Å². The van der Waals surface area contributed by atoms with Crippen molar-refractivity contribution < 1.29 is 4.74 Å². The summed E-state index contributed by atoms with van der Waals surface area (Å²) in [5.41, 5.74) is 2.05. The van der Waals surface area contributed by atoms with E-state index in [9.17, 15) is 0 Å². The zero-order chi connectivity index (χ0) is 13.8. The fourth-order valence-electron chi connectivity index (χ4n) is 1.92. The van der Waals surface area contributed by atoms with E-state index in [0.717, 1.165) is 17.2 Å². The van der Waals surface area contributed by atoms with Gasteiger partial charge in [-0.05, 0) is 31.5 Å². The monoisotopic (exact) mass is 279 g/mol. The normalized spacial score (nSPS) is 12.4. The Morgan fingerprint density at radius 3 is 2.95 bits per heavy atom. The van der Waals surface area contributed by atoms with E-state index in [2.05, 4.69) is 10.3 Å². The van der Waals surface area contributed by atoms with Crippen LogP contribution >= 0.6 is 11.6 Å². The van der Waals surface area contributed by atoms with Crippen molar-refractivity contribution >= 4 is 17.5 Å². The molecule has 102 valence electrons. The summed E-state index contributed by atoms with van der Waals surface area (Å²) in [6.45, 7) is 4.68. The minimum Gasteiger partial charge on any atom is -0.383 e. The lowest BCUT2D eigenvalue weighted by atomic mass is 10.2. The lowest BCUT2D eigenvalue weighted by Gasteiger charge is -2.16. The van der Waals surface area contributed by atoms with Crippen molar-refractivity contribution in [1.29, 1.82) is 0 Å². The van der Waals surface area contributed by atoms with E-state index >= 15 is 0 Å². The molecule has 0 saturated carbocycles. The second-order valence-corrected chi connectivity index (χ2v) is 4.98. The minimum absolute atomic E-state index is 0.176. The highest BCUT2D eigenvalue weighted by atomic mass is 35.5. The molecule has 0 bridgehead atoms. The molecular weight excluding hydrogens is 262 g/mol. The van der Waals surface area contributed by atoms with Gasteiger partial charge < -0.3 is 10.1 Å². The van der Waals surface area contributed by atoms with Crippen LogP contribution in [0.4, 0.5) is 5.95 Å².